The summed E-state index contributed by atoms with van der Waals surface area (Å²) in [7, 11) is 0. The largest absolute Gasteiger partial charge is 0.398 e. The van der Waals surface area contributed by atoms with Gasteiger partial charge in [0.1, 0.15) is 0 Å². The quantitative estimate of drug-likeness (QED) is 0.838. The summed E-state index contributed by atoms with van der Waals surface area (Å²) < 4.78 is 0. The van der Waals surface area contributed by atoms with E-state index in [4.69, 9.17) is 5.73 Å². The summed E-state index contributed by atoms with van der Waals surface area (Å²) >= 11 is 0. The van der Waals surface area contributed by atoms with E-state index in [2.05, 4.69) is 5.32 Å². The summed E-state index contributed by atoms with van der Waals surface area (Å²) in [5, 5.41) is 2.80. The van der Waals surface area contributed by atoms with Crippen molar-refractivity contribution < 1.29 is 9.59 Å². The molecule has 0 bridgehead atoms. The number of nitrogens with two attached hydrogens (primary N) is 1. The second kappa shape index (κ2) is 7.11. The number of nitrogens with zero attached hydrogens (tertiary/aromatic N) is 1. The highest BCUT2D eigenvalue weighted by molar-refractivity contribution is 5.95. The first-order valence-electron chi connectivity index (χ1n) is 7.50. The lowest BCUT2D eigenvalue weighted by molar-refractivity contribution is -0.135. The Bertz CT molecular complexity index is 528. The number of hydrogen-bond acceptors (Lipinski definition) is 3. The lowest BCUT2D eigenvalue weighted by atomic mass is 10.1. The Hall–Kier alpha value is -2.04. The number of nitrogens with one attached hydrogen (secondary N) is 1. The van der Waals surface area contributed by atoms with E-state index in [-0.39, 0.29) is 18.4 Å². The first-order chi connectivity index (χ1) is 10.1. The summed E-state index contributed by atoms with van der Waals surface area (Å²) in [6.07, 6.45) is 4.67. The first kappa shape index (κ1) is 15.4. The Balaban J connectivity index is 1.93. The van der Waals surface area contributed by atoms with Crippen LogP contribution in [0, 0.1) is 6.92 Å². The molecular weight excluding hydrogens is 266 g/mol. The van der Waals surface area contributed by atoms with Gasteiger partial charge >= 0.3 is 0 Å². The van der Waals surface area contributed by atoms with Crippen LogP contribution in [0.2, 0.25) is 0 Å². The average molecular weight is 289 g/mol. The van der Waals surface area contributed by atoms with E-state index in [1.807, 2.05) is 19.1 Å². The standard InChI is InChI=1S/C16H23N3O2/c1-12-7-8-13(10-14(12)17)18-15(20)11-19-9-5-3-2-4-6-16(19)21/h7-8,10H,2-6,9,11,17H2,1H3,(H,18,20). The third-order valence-corrected chi connectivity index (χ3v) is 3.82. The maximum Gasteiger partial charge on any atom is 0.243 e. The Morgan fingerprint density at radius 1 is 1.29 bits per heavy atom. The van der Waals surface area contributed by atoms with Crippen molar-refractivity contribution in [2.45, 2.75) is 39.0 Å². The monoisotopic (exact) mass is 289 g/mol. The third-order valence-electron chi connectivity index (χ3n) is 3.82. The number of benzene rings is 1. The molecule has 3 N–H and O–H groups in total. The number of likely N-dealkylation sites (tertiary alicyclic amines) is 1. The Labute approximate surface area is 125 Å². The number of aryl methyl sites for hydroxylation is 1. The predicted octanol–water partition coefficient (Wildman–Crippen LogP) is 2.31. The molecule has 0 aromatic heterocycles. The summed E-state index contributed by atoms with van der Waals surface area (Å²) in [6, 6.07) is 5.42. The Morgan fingerprint density at radius 3 is 2.81 bits per heavy atom. The number of amides is 2. The summed E-state index contributed by atoms with van der Waals surface area (Å²) in [6.45, 7) is 2.70. The van der Waals surface area contributed by atoms with Gasteiger partial charge in [0.25, 0.3) is 0 Å². The number of nitrogen functional groups attached to an aromatic ring is 1. The van der Waals surface area contributed by atoms with Crippen LogP contribution in [0.3, 0.4) is 0 Å². The third kappa shape index (κ3) is 4.48. The molecule has 2 rings (SSSR count). The van der Waals surface area contributed by atoms with Crippen LogP contribution in [0.15, 0.2) is 18.2 Å². The molecule has 0 radical (unpaired) electrons. The SMILES string of the molecule is Cc1ccc(NC(=O)CN2CCCCCCC2=O)cc1N. The Kier molecular flexibility index (Phi) is 5.20. The van der Waals surface area contributed by atoms with Crippen LogP contribution in [-0.4, -0.2) is 29.8 Å². The van der Waals surface area contributed by atoms with E-state index in [0.717, 1.165) is 31.2 Å². The van der Waals surface area contributed by atoms with Crippen molar-refractivity contribution in [2.24, 2.45) is 0 Å². The van der Waals surface area contributed by atoms with Gasteiger partial charge < -0.3 is 16.0 Å². The molecule has 1 fully saturated rings. The topological polar surface area (TPSA) is 75.4 Å². The molecule has 1 heterocycles. The fraction of sp³-hybridized carbons (Fsp3) is 0.500. The molecule has 0 spiro atoms. The van der Waals surface area contributed by atoms with E-state index in [0.29, 0.717) is 24.3 Å². The van der Waals surface area contributed by atoms with Gasteiger partial charge in [-0.1, -0.05) is 18.9 Å². The molecule has 0 unspecified atom stereocenters. The highest BCUT2D eigenvalue weighted by Gasteiger charge is 2.18. The molecule has 0 aliphatic carbocycles. The molecule has 21 heavy (non-hydrogen) atoms. The van der Waals surface area contributed by atoms with E-state index in [9.17, 15) is 9.59 Å². The number of hydrogen-bond donors (Lipinski definition) is 2. The van der Waals surface area contributed by atoms with Crippen LogP contribution in [0.4, 0.5) is 11.4 Å². The molecule has 2 amide bonds. The second-order valence-corrected chi connectivity index (χ2v) is 5.60. The molecule has 1 aromatic carbocycles. The molecule has 0 saturated carbocycles. The maximum atomic E-state index is 12.1. The summed E-state index contributed by atoms with van der Waals surface area (Å²) in [5.41, 5.74) is 8.12. The van der Waals surface area contributed by atoms with Crippen molar-refractivity contribution in [2.75, 3.05) is 24.1 Å². The van der Waals surface area contributed by atoms with Crippen LogP contribution in [0.5, 0.6) is 0 Å². The molecule has 1 saturated heterocycles. The van der Waals surface area contributed by atoms with Crippen molar-refractivity contribution in [1.29, 1.82) is 0 Å². The molecule has 0 atom stereocenters. The van der Waals surface area contributed by atoms with Crippen molar-refractivity contribution in [3.63, 3.8) is 0 Å². The van der Waals surface area contributed by atoms with Gasteiger partial charge in [0.2, 0.25) is 11.8 Å². The minimum absolute atomic E-state index is 0.0771. The lowest BCUT2D eigenvalue weighted by Crippen LogP contribution is -2.39. The Morgan fingerprint density at radius 2 is 2.05 bits per heavy atom. The zero-order chi connectivity index (χ0) is 15.2. The zero-order valence-corrected chi connectivity index (χ0v) is 12.5. The van der Waals surface area contributed by atoms with Crippen LogP contribution < -0.4 is 11.1 Å². The van der Waals surface area contributed by atoms with Gasteiger partial charge in [-0.25, -0.2) is 0 Å². The van der Waals surface area contributed by atoms with E-state index in [1.54, 1.807) is 11.0 Å². The average Bonchev–Trinajstić information content (AvgIpc) is 2.43. The molecule has 1 aromatic rings. The molecule has 114 valence electrons. The lowest BCUT2D eigenvalue weighted by Gasteiger charge is -2.24. The molecule has 5 nitrogen and oxygen atoms in total. The van der Waals surface area contributed by atoms with Gasteiger partial charge in [-0.2, -0.15) is 0 Å². The molecule has 1 aliphatic rings. The van der Waals surface area contributed by atoms with E-state index in [1.165, 1.54) is 0 Å². The van der Waals surface area contributed by atoms with Gasteiger partial charge in [-0.15, -0.1) is 0 Å². The maximum absolute atomic E-state index is 12.1. The zero-order valence-electron chi connectivity index (χ0n) is 12.5. The number of rotatable bonds is 3. The van der Waals surface area contributed by atoms with Crippen molar-refractivity contribution >= 4 is 23.2 Å². The van der Waals surface area contributed by atoms with Gasteiger partial charge in [0.15, 0.2) is 0 Å². The van der Waals surface area contributed by atoms with Crippen molar-refractivity contribution in [3.05, 3.63) is 23.8 Å². The van der Waals surface area contributed by atoms with E-state index < -0.39 is 0 Å². The summed E-state index contributed by atoms with van der Waals surface area (Å²) in [4.78, 5) is 25.7. The molecule has 1 aliphatic heterocycles. The molecule has 5 heteroatoms. The van der Waals surface area contributed by atoms with Crippen molar-refractivity contribution in [3.8, 4) is 0 Å². The first-order valence-corrected chi connectivity index (χ1v) is 7.50. The minimum atomic E-state index is -0.174. The molecular formula is C16H23N3O2. The van der Waals surface area contributed by atoms with E-state index >= 15 is 0 Å². The number of carbonyl (C=O) groups is 2. The van der Waals surface area contributed by atoms with Gasteiger partial charge in [-0.3, -0.25) is 9.59 Å². The fourth-order valence-electron chi connectivity index (χ4n) is 2.47. The van der Waals surface area contributed by atoms with Gasteiger partial charge in [0.05, 0.1) is 6.54 Å². The normalized spacial score (nSPS) is 16.2. The second-order valence-electron chi connectivity index (χ2n) is 5.60. The highest BCUT2D eigenvalue weighted by atomic mass is 16.2. The van der Waals surface area contributed by atoms with Crippen molar-refractivity contribution in [1.82, 2.24) is 4.90 Å². The summed E-state index contributed by atoms with van der Waals surface area (Å²) in [5.74, 6) is -0.0968. The van der Waals surface area contributed by atoms with Crippen LogP contribution in [0.25, 0.3) is 0 Å². The van der Waals surface area contributed by atoms with Crippen LogP contribution in [-0.2, 0) is 9.59 Å². The highest BCUT2D eigenvalue weighted by Crippen LogP contribution is 2.17. The number of carbonyl (C=O) groups excluding carboxylic acids is 2. The number of anilines is 2. The van der Waals surface area contributed by atoms with Crippen LogP contribution >= 0.6 is 0 Å². The predicted molar refractivity (Wildman–Crippen MR) is 83.9 cm³/mol. The minimum Gasteiger partial charge on any atom is -0.398 e. The fourth-order valence-corrected chi connectivity index (χ4v) is 2.47. The van der Waals surface area contributed by atoms with Crippen LogP contribution in [0.1, 0.15) is 37.7 Å². The van der Waals surface area contributed by atoms with Gasteiger partial charge in [0, 0.05) is 24.3 Å². The smallest absolute Gasteiger partial charge is 0.243 e. The van der Waals surface area contributed by atoms with Gasteiger partial charge in [-0.05, 0) is 37.5 Å².